The number of benzene rings is 2. The zero-order chi connectivity index (χ0) is 20.8. The highest BCUT2D eigenvalue weighted by Crippen LogP contribution is 2.25. The van der Waals surface area contributed by atoms with Crippen LogP contribution in [0.5, 0.6) is 5.75 Å². The maximum Gasteiger partial charge on any atom is 0.194 e. The van der Waals surface area contributed by atoms with E-state index in [-0.39, 0.29) is 30.1 Å². The molecule has 2 unspecified atom stereocenters. The number of nitrogens with one attached hydrogen (secondary N) is 1. The van der Waals surface area contributed by atoms with Gasteiger partial charge in [0, 0.05) is 32.7 Å². The van der Waals surface area contributed by atoms with Crippen molar-refractivity contribution in [2.45, 2.75) is 32.2 Å². The van der Waals surface area contributed by atoms with Crippen molar-refractivity contribution in [3.63, 3.8) is 0 Å². The Morgan fingerprint density at radius 3 is 2.58 bits per heavy atom. The van der Waals surface area contributed by atoms with Gasteiger partial charge in [0.2, 0.25) is 0 Å². The number of ether oxygens (including phenoxy) is 2. The van der Waals surface area contributed by atoms with Gasteiger partial charge >= 0.3 is 0 Å². The minimum absolute atomic E-state index is 0. The molecule has 0 amide bonds. The Bertz CT molecular complexity index is 831. The zero-order valence-corrected chi connectivity index (χ0v) is 20.7. The Morgan fingerprint density at radius 1 is 1.10 bits per heavy atom. The molecule has 2 aromatic carbocycles. The Balaban J connectivity index is 0.00000272. The molecule has 0 aliphatic carbocycles. The lowest BCUT2D eigenvalue weighted by molar-refractivity contribution is -0.0502. The van der Waals surface area contributed by atoms with Crippen LogP contribution in [0.2, 0.25) is 0 Å². The minimum Gasteiger partial charge on any atom is -0.497 e. The Hall–Kier alpha value is -1.84. The second-order valence-electron chi connectivity index (χ2n) is 7.86. The van der Waals surface area contributed by atoms with Gasteiger partial charge < -0.3 is 19.7 Å². The molecule has 2 aromatic rings. The number of rotatable bonds is 6. The Kier molecular flexibility index (Phi) is 8.98. The van der Waals surface area contributed by atoms with Gasteiger partial charge in [-0.1, -0.05) is 42.5 Å². The number of guanidine groups is 1. The number of halogens is 1. The normalized spacial score (nSPS) is 21.4. The van der Waals surface area contributed by atoms with Gasteiger partial charge in [-0.25, -0.2) is 4.99 Å². The third-order valence-electron chi connectivity index (χ3n) is 5.85. The van der Waals surface area contributed by atoms with Crippen molar-refractivity contribution in [1.29, 1.82) is 0 Å². The molecule has 2 saturated heterocycles. The number of morpholine rings is 1. The molecule has 31 heavy (non-hydrogen) atoms. The van der Waals surface area contributed by atoms with Gasteiger partial charge in [-0.05, 0) is 30.2 Å². The highest BCUT2D eigenvalue weighted by atomic mass is 127. The third-order valence-corrected chi connectivity index (χ3v) is 5.85. The van der Waals surface area contributed by atoms with Crippen molar-refractivity contribution in [3.8, 4) is 5.75 Å². The molecular formula is C24H33IN4O2. The molecule has 0 spiro atoms. The SMILES string of the molecule is CCNC(=NCc1ccc(OC)cc1)N1CC2OCCN(Cc3ccccc3)C2C1.I. The summed E-state index contributed by atoms with van der Waals surface area (Å²) in [6.45, 7) is 8.17. The van der Waals surface area contributed by atoms with Gasteiger partial charge in [-0.3, -0.25) is 4.90 Å². The molecule has 2 aliphatic rings. The number of hydrogen-bond acceptors (Lipinski definition) is 4. The van der Waals surface area contributed by atoms with Crippen molar-refractivity contribution in [1.82, 2.24) is 15.1 Å². The van der Waals surface area contributed by atoms with E-state index in [0.29, 0.717) is 12.6 Å². The second-order valence-corrected chi connectivity index (χ2v) is 7.86. The monoisotopic (exact) mass is 536 g/mol. The number of methoxy groups -OCH3 is 1. The number of fused-ring (bicyclic) bond motifs is 1. The van der Waals surface area contributed by atoms with Gasteiger partial charge in [-0.15, -0.1) is 24.0 Å². The van der Waals surface area contributed by atoms with Gasteiger partial charge in [0.15, 0.2) is 5.96 Å². The molecule has 7 heteroatoms. The van der Waals surface area contributed by atoms with E-state index in [4.69, 9.17) is 14.5 Å². The average molecular weight is 536 g/mol. The highest BCUT2D eigenvalue weighted by molar-refractivity contribution is 14.0. The van der Waals surface area contributed by atoms with Crippen LogP contribution in [-0.2, 0) is 17.8 Å². The van der Waals surface area contributed by atoms with Crippen LogP contribution in [0.1, 0.15) is 18.1 Å². The van der Waals surface area contributed by atoms with Gasteiger partial charge in [-0.2, -0.15) is 0 Å². The van der Waals surface area contributed by atoms with E-state index in [2.05, 4.69) is 64.5 Å². The fourth-order valence-corrected chi connectivity index (χ4v) is 4.27. The molecule has 2 aliphatic heterocycles. The zero-order valence-electron chi connectivity index (χ0n) is 18.4. The first-order chi connectivity index (χ1) is 14.8. The van der Waals surface area contributed by atoms with E-state index >= 15 is 0 Å². The number of nitrogens with zero attached hydrogens (tertiary/aromatic N) is 3. The molecule has 2 fully saturated rings. The van der Waals surface area contributed by atoms with E-state index in [1.807, 2.05) is 12.1 Å². The van der Waals surface area contributed by atoms with Crippen molar-refractivity contribution in [3.05, 3.63) is 65.7 Å². The second kappa shape index (κ2) is 11.7. The number of aliphatic imine (C=N–C) groups is 1. The third kappa shape index (κ3) is 6.11. The smallest absolute Gasteiger partial charge is 0.194 e. The molecule has 0 radical (unpaired) electrons. The van der Waals surface area contributed by atoms with Gasteiger partial charge in [0.1, 0.15) is 5.75 Å². The van der Waals surface area contributed by atoms with Crippen LogP contribution < -0.4 is 10.1 Å². The molecule has 2 heterocycles. The lowest BCUT2D eigenvalue weighted by Crippen LogP contribution is -2.50. The van der Waals surface area contributed by atoms with Crippen LogP contribution in [-0.4, -0.2) is 67.8 Å². The molecule has 0 saturated carbocycles. The van der Waals surface area contributed by atoms with E-state index in [9.17, 15) is 0 Å². The first-order valence-electron chi connectivity index (χ1n) is 10.8. The average Bonchev–Trinajstić information content (AvgIpc) is 3.23. The van der Waals surface area contributed by atoms with Gasteiger partial charge in [0.25, 0.3) is 0 Å². The number of hydrogen-bond donors (Lipinski definition) is 1. The first kappa shape index (κ1) is 23.8. The fourth-order valence-electron chi connectivity index (χ4n) is 4.27. The molecule has 2 atom stereocenters. The summed E-state index contributed by atoms with van der Waals surface area (Å²) in [5.74, 6) is 1.83. The summed E-state index contributed by atoms with van der Waals surface area (Å²) < 4.78 is 11.4. The van der Waals surface area contributed by atoms with Crippen LogP contribution in [0.4, 0.5) is 0 Å². The maximum atomic E-state index is 6.14. The first-order valence-corrected chi connectivity index (χ1v) is 10.8. The van der Waals surface area contributed by atoms with Crippen LogP contribution in [0.15, 0.2) is 59.6 Å². The summed E-state index contributed by atoms with van der Waals surface area (Å²) in [5.41, 5.74) is 2.53. The fraction of sp³-hybridized carbons (Fsp3) is 0.458. The van der Waals surface area contributed by atoms with Crippen LogP contribution in [0.25, 0.3) is 0 Å². The van der Waals surface area contributed by atoms with Crippen molar-refractivity contribution >= 4 is 29.9 Å². The molecule has 168 valence electrons. The molecule has 0 aromatic heterocycles. The van der Waals surface area contributed by atoms with E-state index in [1.165, 1.54) is 11.1 Å². The largest absolute Gasteiger partial charge is 0.497 e. The van der Waals surface area contributed by atoms with Crippen molar-refractivity contribution < 1.29 is 9.47 Å². The summed E-state index contributed by atoms with van der Waals surface area (Å²) in [4.78, 5) is 9.82. The standard InChI is InChI=1S/C24H32N4O2.HI/c1-3-25-24(26-15-19-9-11-21(29-2)12-10-19)28-17-22-23(18-28)30-14-13-27(22)16-20-7-5-4-6-8-20;/h4-12,22-23H,3,13-18H2,1-2H3,(H,25,26);1H. The summed E-state index contributed by atoms with van der Waals surface area (Å²) in [6, 6.07) is 19.2. The maximum absolute atomic E-state index is 6.14. The summed E-state index contributed by atoms with van der Waals surface area (Å²) in [7, 11) is 1.69. The van der Waals surface area contributed by atoms with E-state index < -0.39 is 0 Å². The van der Waals surface area contributed by atoms with E-state index in [1.54, 1.807) is 7.11 Å². The Morgan fingerprint density at radius 2 is 1.87 bits per heavy atom. The quantitative estimate of drug-likeness (QED) is 0.349. The minimum atomic E-state index is 0. The highest BCUT2D eigenvalue weighted by Gasteiger charge is 2.41. The topological polar surface area (TPSA) is 49.3 Å². The lowest BCUT2D eigenvalue weighted by Gasteiger charge is -2.36. The molecular weight excluding hydrogens is 503 g/mol. The lowest BCUT2D eigenvalue weighted by atomic mass is 10.1. The summed E-state index contributed by atoms with van der Waals surface area (Å²) in [6.07, 6.45) is 0.229. The summed E-state index contributed by atoms with van der Waals surface area (Å²) in [5, 5.41) is 3.47. The Labute approximate surface area is 202 Å². The van der Waals surface area contributed by atoms with E-state index in [0.717, 1.165) is 51.0 Å². The predicted molar refractivity (Wildman–Crippen MR) is 135 cm³/mol. The van der Waals surface area contributed by atoms with Crippen molar-refractivity contribution in [2.75, 3.05) is 39.9 Å². The molecule has 6 nitrogen and oxygen atoms in total. The van der Waals surface area contributed by atoms with Crippen LogP contribution in [0.3, 0.4) is 0 Å². The summed E-state index contributed by atoms with van der Waals surface area (Å²) >= 11 is 0. The molecule has 4 rings (SSSR count). The molecule has 1 N–H and O–H groups in total. The van der Waals surface area contributed by atoms with Crippen LogP contribution in [0, 0.1) is 0 Å². The molecule has 0 bridgehead atoms. The predicted octanol–water partition coefficient (Wildman–Crippen LogP) is 3.36. The number of likely N-dealkylation sites (tertiary alicyclic amines) is 1. The van der Waals surface area contributed by atoms with Gasteiger partial charge in [0.05, 0.1) is 32.4 Å². The van der Waals surface area contributed by atoms with Crippen LogP contribution >= 0.6 is 24.0 Å². The van der Waals surface area contributed by atoms with Crippen molar-refractivity contribution in [2.24, 2.45) is 4.99 Å².